The van der Waals surface area contributed by atoms with Crippen LogP contribution >= 0.6 is 11.9 Å². The molecule has 0 amide bonds. The molecule has 1 aromatic heterocycles. The van der Waals surface area contributed by atoms with Crippen LogP contribution < -0.4 is 9.04 Å². The number of hydrogen-bond acceptors (Lipinski definition) is 5. The third-order valence-electron chi connectivity index (χ3n) is 5.57. The molecule has 0 unspecified atom stereocenters. The summed E-state index contributed by atoms with van der Waals surface area (Å²) in [6.45, 7) is 4.77. The standard InChI is InChI=1S/C24H24N2O3S/c1-14-5-7-16(8-6-14)19-11-20-23-17(9-10-21(25-23)29-3)13-26(30-4)24(20)15(2)18(19)12-22(27)28/h5-11H,12-13H2,1-4H3,(H,27,28). The number of pyridine rings is 1. The summed E-state index contributed by atoms with van der Waals surface area (Å²) >= 11 is 1.63. The molecule has 1 aliphatic rings. The number of anilines is 1. The normalized spacial score (nSPS) is 12.3. The second-order valence-electron chi connectivity index (χ2n) is 7.44. The Hall–Kier alpha value is -2.99. The molecule has 30 heavy (non-hydrogen) atoms. The number of rotatable bonds is 5. The number of hydrogen-bond donors (Lipinski definition) is 1. The number of benzene rings is 2. The van der Waals surface area contributed by atoms with Crippen LogP contribution in [-0.4, -0.2) is 29.4 Å². The zero-order valence-corrected chi connectivity index (χ0v) is 18.3. The molecular weight excluding hydrogens is 396 g/mol. The summed E-state index contributed by atoms with van der Waals surface area (Å²) in [5.41, 5.74) is 8.99. The Balaban J connectivity index is 2.04. The van der Waals surface area contributed by atoms with Crippen LogP contribution in [0.3, 0.4) is 0 Å². The predicted molar refractivity (Wildman–Crippen MR) is 122 cm³/mol. The van der Waals surface area contributed by atoms with Gasteiger partial charge in [-0.25, -0.2) is 4.98 Å². The Labute approximate surface area is 180 Å². The molecule has 0 bridgehead atoms. The molecule has 0 saturated carbocycles. The number of carbonyl (C=O) groups is 1. The lowest BCUT2D eigenvalue weighted by molar-refractivity contribution is -0.136. The van der Waals surface area contributed by atoms with E-state index >= 15 is 0 Å². The van der Waals surface area contributed by atoms with E-state index in [-0.39, 0.29) is 6.42 Å². The van der Waals surface area contributed by atoms with Gasteiger partial charge in [-0.2, -0.15) is 0 Å². The van der Waals surface area contributed by atoms with Crippen LogP contribution in [0.2, 0.25) is 0 Å². The highest BCUT2D eigenvalue weighted by Crippen LogP contribution is 2.47. The molecule has 0 radical (unpaired) electrons. The van der Waals surface area contributed by atoms with E-state index in [0.717, 1.165) is 44.8 Å². The molecule has 4 rings (SSSR count). The van der Waals surface area contributed by atoms with Gasteiger partial charge in [-0.3, -0.25) is 4.79 Å². The van der Waals surface area contributed by atoms with Crippen molar-refractivity contribution >= 4 is 23.6 Å². The minimum Gasteiger partial charge on any atom is -0.481 e. The van der Waals surface area contributed by atoms with Gasteiger partial charge in [0.25, 0.3) is 0 Å². The summed E-state index contributed by atoms with van der Waals surface area (Å²) in [6, 6.07) is 14.2. The molecule has 154 valence electrons. The maximum absolute atomic E-state index is 11.7. The number of carboxylic acids is 1. The number of aryl methyl sites for hydroxylation is 1. The summed E-state index contributed by atoms with van der Waals surface area (Å²) in [5.74, 6) is -0.264. The molecule has 1 aliphatic heterocycles. The molecule has 0 atom stereocenters. The van der Waals surface area contributed by atoms with Gasteiger partial charge in [-0.1, -0.05) is 41.8 Å². The molecule has 2 heterocycles. The Morgan fingerprint density at radius 1 is 1.17 bits per heavy atom. The molecular formula is C24H24N2O3S. The number of nitrogens with zero attached hydrogens (tertiary/aromatic N) is 2. The average molecular weight is 421 g/mol. The fraction of sp³-hybridized carbons (Fsp3) is 0.250. The van der Waals surface area contributed by atoms with Gasteiger partial charge in [-0.15, -0.1) is 0 Å². The number of ether oxygens (including phenoxy) is 1. The van der Waals surface area contributed by atoms with E-state index in [1.165, 1.54) is 5.56 Å². The summed E-state index contributed by atoms with van der Waals surface area (Å²) in [6.07, 6.45) is 2.01. The minimum absolute atomic E-state index is 0.0249. The van der Waals surface area contributed by atoms with E-state index in [2.05, 4.69) is 40.7 Å². The van der Waals surface area contributed by atoms with E-state index in [1.807, 2.05) is 26.2 Å². The zero-order valence-electron chi connectivity index (χ0n) is 17.5. The number of methoxy groups -OCH3 is 1. The smallest absolute Gasteiger partial charge is 0.307 e. The summed E-state index contributed by atoms with van der Waals surface area (Å²) in [4.78, 5) is 16.5. The average Bonchev–Trinajstić information content (AvgIpc) is 2.74. The molecule has 2 aromatic carbocycles. The van der Waals surface area contributed by atoms with Crippen molar-refractivity contribution in [1.82, 2.24) is 4.98 Å². The highest BCUT2D eigenvalue weighted by Gasteiger charge is 2.29. The van der Waals surface area contributed by atoms with Crippen LogP contribution in [0.1, 0.15) is 22.3 Å². The summed E-state index contributed by atoms with van der Waals surface area (Å²) in [7, 11) is 1.62. The lowest BCUT2D eigenvalue weighted by atomic mass is 9.86. The second-order valence-corrected chi connectivity index (χ2v) is 8.25. The van der Waals surface area contributed by atoms with Crippen LogP contribution in [0.4, 0.5) is 5.69 Å². The Morgan fingerprint density at radius 3 is 2.53 bits per heavy atom. The van der Waals surface area contributed by atoms with Gasteiger partial charge >= 0.3 is 5.97 Å². The van der Waals surface area contributed by atoms with Crippen molar-refractivity contribution in [3.63, 3.8) is 0 Å². The first kappa shape index (κ1) is 20.3. The highest BCUT2D eigenvalue weighted by atomic mass is 32.2. The topological polar surface area (TPSA) is 62.7 Å². The van der Waals surface area contributed by atoms with Crippen molar-refractivity contribution in [2.24, 2.45) is 0 Å². The first-order valence-corrected chi connectivity index (χ1v) is 10.9. The minimum atomic E-state index is -0.835. The SMILES string of the molecule is COc1ccc2c(n1)-c1cc(-c3ccc(C)cc3)c(CC(=O)O)c(C)c1N(SC)C2. The Bertz CT molecular complexity index is 1130. The van der Waals surface area contributed by atoms with Crippen LogP contribution in [0.15, 0.2) is 42.5 Å². The van der Waals surface area contributed by atoms with Crippen LogP contribution in [0.5, 0.6) is 5.88 Å². The van der Waals surface area contributed by atoms with E-state index in [4.69, 9.17) is 9.72 Å². The van der Waals surface area contributed by atoms with E-state index in [0.29, 0.717) is 12.4 Å². The summed E-state index contributed by atoms with van der Waals surface area (Å²) in [5, 5.41) is 9.61. The lowest BCUT2D eigenvalue weighted by Crippen LogP contribution is -2.22. The molecule has 5 nitrogen and oxygen atoms in total. The van der Waals surface area contributed by atoms with Crippen LogP contribution in [0.25, 0.3) is 22.4 Å². The third-order valence-corrected chi connectivity index (χ3v) is 6.32. The van der Waals surface area contributed by atoms with Gasteiger partial charge in [0, 0.05) is 17.9 Å². The second kappa shape index (κ2) is 8.03. The maximum Gasteiger partial charge on any atom is 0.307 e. The highest BCUT2D eigenvalue weighted by molar-refractivity contribution is 7.99. The third kappa shape index (κ3) is 3.52. The van der Waals surface area contributed by atoms with Crippen LogP contribution in [0, 0.1) is 13.8 Å². The zero-order chi connectivity index (χ0) is 21.4. The summed E-state index contributed by atoms with van der Waals surface area (Å²) < 4.78 is 7.59. The molecule has 0 fully saturated rings. The predicted octanol–water partition coefficient (Wildman–Crippen LogP) is 5.27. The van der Waals surface area contributed by atoms with Crippen molar-refractivity contribution in [2.45, 2.75) is 26.8 Å². The van der Waals surface area contributed by atoms with Gasteiger partial charge < -0.3 is 14.1 Å². The maximum atomic E-state index is 11.7. The molecule has 0 spiro atoms. The van der Waals surface area contributed by atoms with Gasteiger partial charge in [0.1, 0.15) is 0 Å². The largest absolute Gasteiger partial charge is 0.481 e. The fourth-order valence-corrected chi connectivity index (χ4v) is 4.74. The number of aliphatic carboxylic acids is 1. The van der Waals surface area contributed by atoms with Crippen molar-refractivity contribution < 1.29 is 14.6 Å². The Kier molecular flexibility index (Phi) is 5.43. The molecule has 1 N–H and O–H groups in total. The van der Waals surface area contributed by atoms with Gasteiger partial charge in [0.15, 0.2) is 0 Å². The Morgan fingerprint density at radius 2 is 1.90 bits per heavy atom. The molecule has 0 aliphatic carbocycles. The first-order chi connectivity index (χ1) is 14.4. The van der Waals surface area contributed by atoms with E-state index in [9.17, 15) is 9.90 Å². The van der Waals surface area contributed by atoms with Crippen molar-refractivity contribution in [2.75, 3.05) is 17.7 Å². The monoisotopic (exact) mass is 420 g/mol. The van der Waals surface area contributed by atoms with E-state index in [1.54, 1.807) is 19.1 Å². The van der Waals surface area contributed by atoms with E-state index < -0.39 is 5.97 Å². The molecule has 3 aromatic rings. The van der Waals surface area contributed by atoms with Gasteiger partial charge in [0.2, 0.25) is 5.88 Å². The lowest BCUT2D eigenvalue weighted by Gasteiger charge is -2.33. The van der Waals surface area contributed by atoms with Gasteiger partial charge in [0.05, 0.1) is 31.5 Å². The molecule has 0 saturated heterocycles. The van der Waals surface area contributed by atoms with Crippen molar-refractivity contribution in [3.8, 4) is 28.3 Å². The van der Waals surface area contributed by atoms with Crippen molar-refractivity contribution in [3.05, 3.63) is 64.7 Å². The van der Waals surface area contributed by atoms with Crippen LogP contribution in [-0.2, 0) is 17.8 Å². The number of carboxylic acid groups (broad SMARTS) is 1. The number of fused-ring (bicyclic) bond motifs is 3. The first-order valence-electron chi connectivity index (χ1n) is 9.74. The number of aromatic nitrogens is 1. The van der Waals surface area contributed by atoms with Gasteiger partial charge in [-0.05, 0) is 53.8 Å². The fourth-order valence-electron chi connectivity index (χ4n) is 4.05. The van der Waals surface area contributed by atoms with Crippen molar-refractivity contribution in [1.29, 1.82) is 0 Å². The molecule has 6 heteroatoms. The quantitative estimate of drug-likeness (QED) is 0.568.